The molecule has 1 fully saturated rings. The molecule has 0 bridgehead atoms. The SMILES string of the molecule is O=C(NCC(F)(F)F)c1ccc(N2CCN(C(=O)c3ccccc3C#Cc3cncc(O)c3)CC2)nn1. The fraction of sp³-hybridized carbons (Fsp3) is 0.240. The topological polar surface area (TPSA) is 112 Å². The van der Waals surface area contributed by atoms with Gasteiger partial charge in [0.2, 0.25) is 0 Å². The number of pyridine rings is 1. The number of halogens is 3. The van der Waals surface area contributed by atoms with Gasteiger partial charge in [-0.1, -0.05) is 24.0 Å². The molecule has 0 unspecified atom stereocenters. The number of hydrogen-bond acceptors (Lipinski definition) is 7. The number of carbonyl (C=O) groups is 2. The molecule has 0 saturated carbocycles. The van der Waals surface area contributed by atoms with Crippen molar-refractivity contribution in [3.05, 3.63) is 77.2 Å². The van der Waals surface area contributed by atoms with Gasteiger partial charge in [-0.3, -0.25) is 14.6 Å². The molecule has 1 saturated heterocycles. The highest BCUT2D eigenvalue weighted by molar-refractivity contribution is 5.97. The smallest absolute Gasteiger partial charge is 0.405 e. The van der Waals surface area contributed by atoms with E-state index >= 15 is 0 Å². The van der Waals surface area contributed by atoms with Gasteiger partial charge in [0.05, 0.1) is 11.8 Å². The first-order valence-electron chi connectivity index (χ1n) is 11.2. The third-order valence-corrected chi connectivity index (χ3v) is 5.45. The van der Waals surface area contributed by atoms with Gasteiger partial charge < -0.3 is 20.2 Å². The number of benzene rings is 1. The average molecular weight is 510 g/mol. The van der Waals surface area contributed by atoms with Crippen LogP contribution < -0.4 is 10.2 Å². The minimum absolute atomic E-state index is 0.00178. The number of nitrogens with one attached hydrogen (secondary N) is 1. The van der Waals surface area contributed by atoms with Gasteiger partial charge in [-0.2, -0.15) is 13.2 Å². The summed E-state index contributed by atoms with van der Waals surface area (Å²) in [4.78, 5) is 32.5. The molecule has 0 atom stereocenters. The van der Waals surface area contributed by atoms with Crippen LogP contribution in [0.15, 0.2) is 54.9 Å². The van der Waals surface area contributed by atoms with Crippen molar-refractivity contribution in [1.82, 2.24) is 25.4 Å². The van der Waals surface area contributed by atoms with Crippen molar-refractivity contribution in [3.8, 4) is 17.6 Å². The molecule has 0 radical (unpaired) electrons. The number of hydrogen-bond donors (Lipinski definition) is 2. The number of aromatic hydroxyl groups is 1. The molecule has 9 nitrogen and oxygen atoms in total. The van der Waals surface area contributed by atoms with Gasteiger partial charge in [-0.25, -0.2) is 0 Å². The first-order valence-corrected chi connectivity index (χ1v) is 11.2. The summed E-state index contributed by atoms with van der Waals surface area (Å²) < 4.78 is 36.8. The lowest BCUT2D eigenvalue weighted by molar-refractivity contribution is -0.123. The summed E-state index contributed by atoms with van der Waals surface area (Å²) in [5.74, 6) is 5.18. The number of amides is 2. The molecule has 1 aromatic carbocycles. The zero-order valence-electron chi connectivity index (χ0n) is 19.4. The summed E-state index contributed by atoms with van der Waals surface area (Å²) in [6, 6.07) is 11.3. The van der Waals surface area contributed by atoms with Crippen LogP contribution in [0.5, 0.6) is 5.75 Å². The second-order valence-corrected chi connectivity index (χ2v) is 8.08. The Hall–Kier alpha value is -4.66. The van der Waals surface area contributed by atoms with Crippen molar-refractivity contribution >= 4 is 17.6 Å². The number of rotatable bonds is 4. The zero-order chi connectivity index (χ0) is 26.4. The Bertz CT molecular complexity index is 1340. The van der Waals surface area contributed by atoms with Crippen molar-refractivity contribution in [3.63, 3.8) is 0 Å². The maximum atomic E-state index is 13.2. The number of piperazine rings is 1. The molecule has 0 aliphatic carbocycles. The van der Waals surface area contributed by atoms with Gasteiger partial charge in [0.15, 0.2) is 11.5 Å². The van der Waals surface area contributed by atoms with Crippen molar-refractivity contribution in [2.24, 2.45) is 0 Å². The first kappa shape index (κ1) is 25.4. The monoisotopic (exact) mass is 510 g/mol. The molecule has 4 rings (SSSR count). The highest BCUT2D eigenvalue weighted by Crippen LogP contribution is 2.17. The maximum Gasteiger partial charge on any atom is 0.405 e. The Kier molecular flexibility index (Phi) is 7.52. The average Bonchev–Trinajstić information content (AvgIpc) is 2.90. The van der Waals surface area contributed by atoms with Crippen molar-refractivity contribution in [1.29, 1.82) is 0 Å². The third kappa shape index (κ3) is 6.72. The van der Waals surface area contributed by atoms with E-state index in [1.54, 1.807) is 34.5 Å². The molecule has 0 spiro atoms. The summed E-state index contributed by atoms with van der Waals surface area (Å²) in [5, 5.41) is 19.0. The van der Waals surface area contributed by atoms with Crippen LogP contribution in [-0.4, -0.2) is 75.9 Å². The van der Waals surface area contributed by atoms with E-state index in [4.69, 9.17) is 0 Å². The third-order valence-electron chi connectivity index (χ3n) is 5.45. The molecule has 2 aromatic heterocycles. The maximum absolute atomic E-state index is 13.2. The van der Waals surface area contributed by atoms with E-state index in [0.29, 0.717) is 48.7 Å². The van der Waals surface area contributed by atoms with Crippen molar-refractivity contribution in [2.75, 3.05) is 37.6 Å². The molecule has 1 aliphatic heterocycles. The number of aromatic nitrogens is 3. The number of anilines is 1. The summed E-state index contributed by atoms with van der Waals surface area (Å²) in [5.41, 5.74) is 1.29. The van der Waals surface area contributed by atoms with E-state index < -0.39 is 18.6 Å². The Balaban J connectivity index is 1.38. The molecule has 1 aliphatic rings. The van der Waals surface area contributed by atoms with Gasteiger partial charge in [0, 0.05) is 43.5 Å². The number of alkyl halides is 3. The summed E-state index contributed by atoms with van der Waals surface area (Å²) >= 11 is 0. The summed E-state index contributed by atoms with van der Waals surface area (Å²) in [6.07, 6.45) is -1.70. The van der Waals surface area contributed by atoms with Crippen LogP contribution in [0.1, 0.15) is 32.0 Å². The van der Waals surface area contributed by atoms with Crippen molar-refractivity contribution in [2.45, 2.75) is 6.18 Å². The summed E-state index contributed by atoms with van der Waals surface area (Å²) in [6.45, 7) is 0.234. The predicted molar refractivity (Wildman–Crippen MR) is 127 cm³/mol. The van der Waals surface area contributed by atoms with E-state index in [1.165, 1.54) is 30.6 Å². The largest absolute Gasteiger partial charge is 0.506 e. The Morgan fingerprint density at radius 2 is 1.76 bits per heavy atom. The van der Waals surface area contributed by atoms with E-state index in [2.05, 4.69) is 27.0 Å². The molecule has 2 N–H and O–H groups in total. The quantitative estimate of drug-likeness (QED) is 0.518. The Morgan fingerprint density at radius 1 is 1.00 bits per heavy atom. The van der Waals surface area contributed by atoms with Crippen LogP contribution in [0.3, 0.4) is 0 Å². The zero-order valence-corrected chi connectivity index (χ0v) is 19.4. The van der Waals surface area contributed by atoms with Crippen molar-refractivity contribution < 1.29 is 27.9 Å². The normalized spacial score (nSPS) is 13.5. The fourth-order valence-electron chi connectivity index (χ4n) is 3.61. The van der Waals surface area contributed by atoms with E-state index in [-0.39, 0.29) is 17.4 Å². The first-order chi connectivity index (χ1) is 17.7. The molecular weight excluding hydrogens is 489 g/mol. The second-order valence-electron chi connectivity index (χ2n) is 8.08. The molecule has 2 amide bonds. The van der Waals surface area contributed by atoms with Gasteiger partial charge >= 0.3 is 6.18 Å². The highest BCUT2D eigenvalue weighted by atomic mass is 19.4. The van der Waals surface area contributed by atoms with E-state index in [1.807, 2.05) is 4.90 Å². The van der Waals surface area contributed by atoms with Crippen LogP contribution in [0.4, 0.5) is 19.0 Å². The van der Waals surface area contributed by atoms with Crippen LogP contribution in [-0.2, 0) is 0 Å². The summed E-state index contributed by atoms with van der Waals surface area (Å²) in [7, 11) is 0. The molecular formula is C25H21F3N6O3. The van der Waals surface area contributed by atoms with Crippen LogP contribution >= 0.6 is 0 Å². The fourth-order valence-corrected chi connectivity index (χ4v) is 3.61. The molecule has 3 aromatic rings. The van der Waals surface area contributed by atoms with Gasteiger partial charge in [0.25, 0.3) is 11.8 Å². The van der Waals surface area contributed by atoms with E-state index in [0.717, 1.165) is 0 Å². The molecule has 12 heteroatoms. The standard InChI is InChI=1S/C25H21F3N6O3/c26-25(27,28)16-30-23(36)21-7-8-22(32-31-21)33-9-11-34(12-10-33)24(37)20-4-2-1-3-18(20)6-5-17-13-19(35)15-29-14-17/h1-4,7-8,13-15,35H,9-12,16H2,(H,30,36). The van der Waals surface area contributed by atoms with Crippen LogP contribution in [0.2, 0.25) is 0 Å². The van der Waals surface area contributed by atoms with Crippen LogP contribution in [0.25, 0.3) is 0 Å². The van der Waals surface area contributed by atoms with Gasteiger partial charge in [-0.15, -0.1) is 10.2 Å². The lowest BCUT2D eigenvalue weighted by Gasteiger charge is -2.35. The molecule has 37 heavy (non-hydrogen) atoms. The van der Waals surface area contributed by atoms with Crippen LogP contribution in [0, 0.1) is 11.8 Å². The predicted octanol–water partition coefficient (Wildman–Crippen LogP) is 2.23. The number of nitrogens with zero attached hydrogens (tertiary/aromatic N) is 5. The minimum atomic E-state index is -4.52. The lowest BCUT2D eigenvalue weighted by Crippen LogP contribution is -2.49. The Labute approximate surface area is 209 Å². The minimum Gasteiger partial charge on any atom is -0.506 e. The molecule has 190 valence electrons. The van der Waals surface area contributed by atoms with Gasteiger partial charge in [0.1, 0.15) is 12.3 Å². The molecule has 3 heterocycles. The van der Waals surface area contributed by atoms with Gasteiger partial charge in [-0.05, 0) is 30.3 Å². The highest BCUT2D eigenvalue weighted by Gasteiger charge is 2.28. The Morgan fingerprint density at radius 3 is 2.43 bits per heavy atom. The second kappa shape index (κ2) is 10.9. The lowest BCUT2D eigenvalue weighted by atomic mass is 10.1. The van der Waals surface area contributed by atoms with E-state index in [9.17, 15) is 27.9 Å². The number of carbonyl (C=O) groups excluding carboxylic acids is 2.